The Kier molecular flexibility index (Phi) is 6.87. The zero-order valence-corrected chi connectivity index (χ0v) is 21.7. The van der Waals surface area contributed by atoms with Crippen molar-refractivity contribution in [1.29, 1.82) is 0 Å². The maximum Gasteiger partial charge on any atom is 0.410 e. The zero-order chi connectivity index (χ0) is 24.5. The van der Waals surface area contributed by atoms with Gasteiger partial charge in [0.1, 0.15) is 24.1 Å². The maximum atomic E-state index is 12.5. The highest BCUT2D eigenvalue weighted by atomic mass is 32.1. The van der Waals surface area contributed by atoms with E-state index in [1.165, 1.54) is 9.75 Å². The molecule has 2 aromatic heterocycles. The first kappa shape index (κ1) is 24.5. The van der Waals surface area contributed by atoms with E-state index in [0.717, 1.165) is 22.2 Å². The molecule has 1 saturated heterocycles. The first-order chi connectivity index (χ1) is 16.0. The minimum atomic E-state index is -0.525. The van der Waals surface area contributed by atoms with Crippen LogP contribution in [0, 0.1) is 0 Å². The van der Waals surface area contributed by atoms with E-state index in [1.54, 1.807) is 22.4 Å². The highest BCUT2D eigenvalue weighted by Crippen LogP contribution is 2.38. The van der Waals surface area contributed by atoms with Crippen molar-refractivity contribution < 1.29 is 19.0 Å². The molecule has 1 fully saturated rings. The van der Waals surface area contributed by atoms with Crippen molar-refractivity contribution in [2.24, 2.45) is 0 Å². The number of pyridine rings is 1. The van der Waals surface area contributed by atoms with E-state index in [2.05, 4.69) is 50.0 Å². The van der Waals surface area contributed by atoms with Crippen molar-refractivity contribution in [3.8, 4) is 16.2 Å². The van der Waals surface area contributed by atoms with Crippen LogP contribution in [0.3, 0.4) is 0 Å². The standard InChI is InChI=1S/C27H34N2O4S/c1-26(2,3)24-10-9-23(34-24)18-14-21-20(8-7-11-28-21)22(15-18)32-17-19-16-29(12-13-31-19)25(30)33-27(4,5)6/h7-11,14-15,19H,12-13,16-17H2,1-6H3/t19-/m0/s1. The number of hydrogen-bond donors (Lipinski definition) is 0. The van der Waals surface area contributed by atoms with Crippen LogP contribution in [0.1, 0.15) is 46.4 Å². The molecule has 182 valence electrons. The monoisotopic (exact) mass is 482 g/mol. The third-order valence-corrected chi connectivity index (χ3v) is 7.09. The van der Waals surface area contributed by atoms with Crippen molar-refractivity contribution in [3.63, 3.8) is 0 Å². The van der Waals surface area contributed by atoms with Gasteiger partial charge in [0.15, 0.2) is 0 Å². The van der Waals surface area contributed by atoms with Gasteiger partial charge >= 0.3 is 6.09 Å². The van der Waals surface area contributed by atoms with Crippen LogP contribution in [0.25, 0.3) is 21.3 Å². The van der Waals surface area contributed by atoms with Crippen molar-refractivity contribution in [1.82, 2.24) is 9.88 Å². The fraction of sp³-hybridized carbons (Fsp3) is 0.481. The van der Waals surface area contributed by atoms with Crippen LogP contribution >= 0.6 is 11.3 Å². The Hall–Kier alpha value is -2.64. The number of amides is 1. The van der Waals surface area contributed by atoms with Gasteiger partial charge in [-0.1, -0.05) is 20.8 Å². The number of carbonyl (C=O) groups is 1. The summed E-state index contributed by atoms with van der Waals surface area (Å²) in [7, 11) is 0. The summed E-state index contributed by atoms with van der Waals surface area (Å²) in [5.74, 6) is 0.768. The minimum absolute atomic E-state index is 0.107. The highest BCUT2D eigenvalue weighted by molar-refractivity contribution is 7.15. The molecule has 0 aliphatic carbocycles. The van der Waals surface area contributed by atoms with Gasteiger partial charge in [-0.25, -0.2) is 4.79 Å². The molecule has 3 heterocycles. The molecule has 0 unspecified atom stereocenters. The van der Waals surface area contributed by atoms with Crippen LogP contribution in [0.2, 0.25) is 0 Å². The number of morpholine rings is 1. The van der Waals surface area contributed by atoms with Gasteiger partial charge in [0.05, 0.1) is 18.7 Å². The molecule has 7 heteroatoms. The number of hydrogen-bond acceptors (Lipinski definition) is 6. The first-order valence-corrected chi connectivity index (χ1v) is 12.5. The van der Waals surface area contributed by atoms with Gasteiger partial charge in [0.2, 0.25) is 0 Å². The molecule has 0 radical (unpaired) electrons. The lowest BCUT2D eigenvalue weighted by molar-refractivity contribution is -0.0555. The second kappa shape index (κ2) is 9.55. The van der Waals surface area contributed by atoms with E-state index in [-0.39, 0.29) is 17.6 Å². The van der Waals surface area contributed by atoms with Crippen LogP contribution in [0.15, 0.2) is 42.6 Å². The van der Waals surface area contributed by atoms with Gasteiger partial charge in [-0.05, 0) is 68.1 Å². The second-order valence-corrected chi connectivity index (χ2v) is 11.8. The third-order valence-electron chi connectivity index (χ3n) is 5.53. The van der Waals surface area contributed by atoms with Crippen LogP contribution < -0.4 is 4.74 Å². The number of nitrogens with zero attached hydrogens (tertiary/aromatic N) is 2. The predicted octanol–water partition coefficient (Wildman–Crippen LogP) is 6.28. The summed E-state index contributed by atoms with van der Waals surface area (Å²) >= 11 is 1.80. The lowest BCUT2D eigenvalue weighted by atomic mass is 9.95. The molecule has 1 amide bonds. The van der Waals surface area contributed by atoms with E-state index < -0.39 is 5.60 Å². The Morgan fingerprint density at radius 3 is 2.68 bits per heavy atom. The van der Waals surface area contributed by atoms with Crippen molar-refractivity contribution in [2.45, 2.75) is 58.7 Å². The van der Waals surface area contributed by atoms with Crippen LogP contribution in [0.5, 0.6) is 5.75 Å². The van der Waals surface area contributed by atoms with E-state index in [0.29, 0.717) is 26.3 Å². The average molecular weight is 483 g/mol. The molecule has 3 aromatic rings. The Morgan fingerprint density at radius 2 is 1.97 bits per heavy atom. The summed E-state index contributed by atoms with van der Waals surface area (Å²) < 4.78 is 17.7. The third kappa shape index (κ3) is 5.88. The van der Waals surface area contributed by atoms with Crippen molar-refractivity contribution >= 4 is 28.3 Å². The fourth-order valence-electron chi connectivity index (χ4n) is 3.80. The number of carbonyl (C=O) groups excluding carboxylic acids is 1. The normalized spacial score (nSPS) is 17.1. The number of ether oxygens (including phenoxy) is 3. The summed E-state index contributed by atoms with van der Waals surface area (Å²) in [5, 5.41) is 0.957. The highest BCUT2D eigenvalue weighted by Gasteiger charge is 2.28. The first-order valence-electron chi connectivity index (χ1n) is 11.7. The van der Waals surface area contributed by atoms with Gasteiger partial charge in [-0.2, -0.15) is 0 Å². The second-order valence-electron chi connectivity index (χ2n) is 10.7. The largest absolute Gasteiger partial charge is 0.490 e. The van der Waals surface area contributed by atoms with Crippen LogP contribution in [-0.4, -0.2) is 54.0 Å². The Labute approximate surface area is 205 Å². The predicted molar refractivity (Wildman–Crippen MR) is 137 cm³/mol. The van der Waals surface area contributed by atoms with Crippen LogP contribution in [0.4, 0.5) is 4.79 Å². The van der Waals surface area contributed by atoms with Gasteiger partial charge in [-0.3, -0.25) is 4.98 Å². The molecule has 1 atom stereocenters. The van der Waals surface area contributed by atoms with Crippen LogP contribution in [-0.2, 0) is 14.9 Å². The molecule has 4 rings (SSSR count). The molecular weight excluding hydrogens is 448 g/mol. The lowest BCUT2D eigenvalue weighted by Gasteiger charge is -2.34. The summed E-state index contributed by atoms with van der Waals surface area (Å²) in [6.45, 7) is 14.0. The maximum absolute atomic E-state index is 12.5. The molecule has 0 bridgehead atoms. The molecule has 1 aromatic carbocycles. The number of fused-ring (bicyclic) bond motifs is 1. The number of aromatic nitrogens is 1. The molecule has 34 heavy (non-hydrogen) atoms. The fourth-order valence-corrected chi connectivity index (χ4v) is 4.85. The molecule has 0 N–H and O–H groups in total. The summed E-state index contributed by atoms with van der Waals surface area (Å²) in [6.07, 6.45) is 1.25. The van der Waals surface area contributed by atoms with Gasteiger partial charge in [0, 0.05) is 27.9 Å². The topological polar surface area (TPSA) is 60.9 Å². The van der Waals surface area contributed by atoms with Gasteiger partial charge in [0.25, 0.3) is 0 Å². The van der Waals surface area contributed by atoms with E-state index in [4.69, 9.17) is 14.2 Å². The summed E-state index contributed by atoms with van der Waals surface area (Å²) in [6, 6.07) is 12.5. The van der Waals surface area contributed by atoms with Gasteiger partial charge in [-0.15, -0.1) is 11.3 Å². The molecule has 6 nitrogen and oxygen atoms in total. The SMILES string of the molecule is CC(C)(C)OC(=O)N1CCO[C@H](COc2cc(-c3ccc(C(C)(C)C)s3)cc3ncccc23)C1. The molecule has 0 spiro atoms. The minimum Gasteiger partial charge on any atom is -0.490 e. The number of thiophene rings is 1. The van der Waals surface area contributed by atoms with Crippen molar-refractivity contribution in [2.75, 3.05) is 26.3 Å². The van der Waals surface area contributed by atoms with E-state index >= 15 is 0 Å². The number of benzene rings is 1. The Bertz CT molecular complexity index is 1160. The summed E-state index contributed by atoms with van der Waals surface area (Å²) in [5.41, 5.74) is 1.56. The van der Waals surface area contributed by atoms with Gasteiger partial charge < -0.3 is 19.1 Å². The smallest absolute Gasteiger partial charge is 0.410 e. The van der Waals surface area contributed by atoms with E-state index in [9.17, 15) is 4.79 Å². The molecule has 1 aliphatic heterocycles. The average Bonchev–Trinajstić information content (AvgIpc) is 3.27. The molecule has 0 saturated carbocycles. The Balaban J connectivity index is 1.53. The molecular formula is C27H34N2O4S. The molecule has 1 aliphatic rings. The zero-order valence-electron chi connectivity index (χ0n) is 20.9. The number of rotatable bonds is 4. The Morgan fingerprint density at radius 1 is 1.18 bits per heavy atom. The lowest BCUT2D eigenvalue weighted by Crippen LogP contribution is -2.49. The van der Waals surface area contributed by atoms with Crippen molar-refractivity contribution in [3.05, 3.63) is 47.5 Å². The summed E-state index contributed by atoms with van der Waals surface area (Å²) in [4.78, 5) is 21.3. The quantitative estimate of drug-likeness (QED) is 0.438. The van der Waals surface area contributed by atoms with E-state index in [1.807, 2.05) is 32.9 Å².